The minimum Gasteiger partial charge on any atom is -0.466 e. The van der Waals surface area contributed by atoms with Crippen LogP contribution in [0.3, 0.4) is 0 Å². The Morgan fingerprint density at radius 3 is 2.25 bits per heavy atom. The summed E-state index contributed by atoms with van der Waals surface area (Å²) in [7, 11) is 0. The molecule has 0 spiro atoms. The van der Waals surface area contributed by atoms with Gasteiger partial charge in [-0.1, -0.05) is 46.8 Å². The molecule has 2 heteroatoms. The number of rotatable bonds is 3. The summed E-state index contributed by atoms with van der Waals surface area (Å²) in [5.74, 6) is 0.944. The van der Waals surface area contributed by atoms with Crippen molar-refractivity contribution in [3.63, 3.8) is 0 Å². The molecule has 0 aromatic rings. The molecule has 0 saturated heterocycles. The quantitative estimate of drug-likeness (QED) is 0.534. The molecule has 0 heterocycles. The summed E-state index contributed by atoms with van der Waals surface area (Å²) >= 11 is 0. The van der Waals surface area contributed by atoms with Gasteiger partial charge in [0.15, 0.2) is 0 Å². The third-order valence-electron chi connectivity index (χ3n) is 2.33. The second kappa shape index (κ2) is 12.3. The van der Waals surface area contributed by atoms with Crippen molar-refractivity contribution in [2.45, 2.75) is 54.4 Å². The normalized spacial score (nSPS) is 21.4. The van der Waals surface area contributed by atoms with Crippen molar-refractivity contribution in [3.8, 4) is 0 Å². The van der Waals surface area contributed by atoms with E-state index >= 15 is 0 Å². The van der Waals surface area contributed by atoms with E-state index in [9.17, 15) is 4.79 Å². The molecule has 0 fully saturated rings. The largest absolute Gasteiger partial charge is 0.466 e. The summed E-state index contributed by atoms with van der Waals surface area (Å²) in [4.78, 5) is 11.1. The highest BCUT2D eigenvalue weighted by Crippen LogP contribution is 2.27. The molecule has 16 heavy (non-hydrogen) atoms. The van der Waals surface area contributed by atoms with Crippen molar-refractivity contribution in [2.24, 2.45) is 11.8 Å². The van der Waals surface area contributed by atoms with Gasteiger partial charge in [-0.15, -0.1) is 0 Å². The average Bonchev–Trinajstić information content (AvgIpc) is 2.70. The van der Waals surface area contributed by atoms with Crippen molar-refractivity contribution >= 4 is 5.97 Å². The van der Waals surface area contributed by atoms with Gasteiger partial charge in [0.05, 0.1) is 13.0 Å². The van der Waals surface area contributed by atoms with Crippen LogP contribution in [0.4, 0.5) is 0 Å². The van der Waals surface area contributed by atoms with E-state index in [-0.39, 0.29) is 5.97 Å². The van der Waals surface area contributed by atoms with Gasteiger partial charge in [0.1, 0.15) is 0 Å². The van der Waals surface area contributed by atoms with Crippen LogP contribution in [-0.4, -0.2) is 12.6 Å². The molecule has 0 amide bonds. The second-order valence-corrected chi connectivity index (χ2v) is 3.31. The van der Waals surface area contributed by atoms with E-state index in [0.717, 1.165) is 6.42 Å². The summed E-state index contributed by atoms with van der Waals surface area (Å²) in [6.07, 6.45) is 5.92. The Hall–Kier alpha value is -0.790. The van der Waals surface area contributed by atoms with Gasteiger partial charge in [0, 0.05) is 0 Å². The van der Waals surface area contributed by atoms with Crippen molar-refractivity contribution in [3.05, 3.63) is 12.2 Å². The molecule has 0 bridgehead atoms. The van der Waals surface area contributed by atoms with Crippen LogP contribution < -0.4 is 0 Å². The van der Waals surface area contributed by atoms with Gasteiger partial charge in [-0.25, -0.2) is 0 Å². The third-order valence-corrected chi connectivity index (χ3v) is 2.33. The Balaban J connectivity index is 0. The molecule has 0 aliphatic heterocycles. The van der Waals surface area contributed by atoms with Gasteiger partial charge in [0.2, 0.25) is 0 Å². The van der Waals surface area contributed by atoms with Gasteiger partial charge in [-0.3, -0.25) is 4.79 Å². The predicted molar refractivity (Wildman–Crippen MR) is 70.4 cm³/mol. The maximum absolute atomic E-state index is 11.1. The van der Waals surface area contributed by atoms with Crippen molar-refractivity contribution < 1.29 is 9.53 Å². The monoisotopic (exact) mass is 228 g/mol. The number of esters is 1. The zero-order chi connectivity index (χ0) is 13.0. The first-order chi connectivity index (χ1) is 7.74. The molecule has 0 aromatic carbocycles. The highest BCUT2D eigenvalue weighted by atomic mass is 16.5. The third kappa shape index (κ3) is 7.49. The first-order valence-electron chi connectivity index (χ1n) is 6.56. The minimum absolute atomic E-state index is 0.0686. The fourth-order valence-electron chi connectivity index (χ4n) is 1.51. The molecular weight excluding hydrogens is 200 g/mol. The summed E-state index contributed by atoms with van der Waals surface area (Å²) < 4.78 is 4.88. The van der Waals surface area contributed by atoms with E-state index < -0.39 is 0 Å². The number of ether oxygens (including phenoxy) is 1. The lowest BCUT2D eigenvalue weighted by Gasteiger charge is -2.12. The SMILES string of the molecule is CC.CC.CCOC(=O)CC1C=CCC1C. The summed E-state index contributed by atoms with van der Waals surface area (Å²) in [5, 5.41) is 0. The molecule has 0 aromatic heterocycles. The highest BCUT2D eigenvalue weighted by Gasteiger charge is 2.21. The Morgan fingerprint density at radius 1 is 1.31 bits per heavy atom. The Bertz CT molecular complexity index is 185. The zero-order valence-electron chi connectivity index (χ0n) is 11.7. The van der Waals surface area contributed by atoms with E-state index in [1.165, 1.54) is 0 Å². The first kappa shape index (κ1) is 17.6. The zero-order valence-corrected chi connectivity index (χ0v) is 11.7. The van der Waals surface area contributed by atoms with Crippen molar-refractivity contribution in [1.82, 2.24) is 0 Å². The van der Waals surface area contributed by atoms with Crippen LogP contribution in [-0.2, 0) is 9.53 Å². The number of carbonyl (C=O) groups excluding carboxylic acids is 1. The molecule has 1 aliphatic rings. The van der Waals surface area contributed by atoms with Crippen LogP contribution in [0.1, 0.15) is 54.4 Å². The fourth-order valence-corrected chi connectivity index (χ4v) is 1.51. The molecule has 2 atom stereocenters. The molecule has 1 aliphatic carbocycles. The molecule has 1 rings (SSSR count). The van der Waals surface area contributed by atoms with Crippen LogP contribution in [0.25, 0.3) is 0 Å². The van der Waals surface area contributed by atoms with Gasteiger partial charge in [0.25, 0.3) is 0 Å². The molecule has 96 valence electrons. The van der Waals surface area contributed by atoms with E-state index in [0.29, 0.717) is 24.9 Å². The predicted octanol–water partition coefficient (Wildman–Crippen LogP) is 4.20. The molecule has 2 nitrogen and oxygen atoms in total. The van der Waals surface area contributed by atoms with Crippen LogP contribution in [0.5, 0.6) is 0 Å². The van der Waals surface area contributed by atoms with E-state index in [1.807, 2.05) is 34.6 Å². The van der Waals surface area contributed by atoms with Crippen molar-refractivity contribution in [2.75, 3.05) is 6.61 Å². The van der Waals surface area contributed by atoms with E-state index in [1.54, 1.807) is 0 Å². The number of hydrogen-bond donors (Lipinski definition) is 0. The summed E-state index contributed by atoms with van der Waals surface area (Å²) in [5.41, 5.74) is 0. The Kier molecular flexibility index (Phi) is 13.5. The lowest BCUT2D eigenvalue weighted by molar-refractivity contribution is -0.144. The van der Waals surface area contributed by atoms with Crippen LogP contribution in [0.2, 0.25) is 0 Å². The van der Waals surface area contributed by atoms with Gasteiger partial charge in [-0.05, 0) is 25.2 Å². The van der Waals surface area contributed by atoms with E-state index in [4.69, 9.17) is 4.74 Å². The Morgan fingerprint density at radius 2 is 1.88 bits per heavy atom. The number of allylic oxidation sites excluding steroid dienone is 2. The standard InChI is InChI=1S/C10H16O2.2C2H6/c1-3-12-10(11)7-9-6-4-5-8(9)2;2*1-2/h4,6,8-9H,3,5,7H2,1-2H3;2*1-2H3. The topological polar surface area (TPSA) is 26.3 Å². The molecule has 2 unspecified atom stereocenters. The fraction of sp³-hybridized carbons (Fsp3) is 0.786. The van der Waals surface area contributed by atoms with Crippen LogP contribution in [0.15, 0.2) is 12.2 Å². The minimum atomic E-state index is -0.0686. The average molecular weight is 228 g/mol. The maximum Gasteiger partial charge on any atom is 0.306 e. The number of carbonyl (C=O) groups is 1. The second-order valence-electron chi connectivity index (χ2n) is 3.31. The molecule has 0 N–H and O–H groups in total. The van der Waals surface area contributed by atoms with Gasteiger partial charge < -0.3 is 4.74 Å². The molecule has 0 radical (unpaired) electrons. The lowest BCUT2D eigenvalue weighted by Crippen LogP contribution is -2.13. The van der Waals surface area contributed by atoms with Crippen molar-refractivity contribution in [1.29, 1.82) is 0 Å². The molecule has 0 saturated carbocycles. The maximum atomic E-state index is 11.1. The summed E-state index contributed by atoms with van der Waals surface area (Å²) in [6, 6.07) is 0. The Labute approximate surface area is 101 Å². The van der Waals surface area contributed by atoms with Crippen LogP contribution in [0, 0.1) is 11.8 Å². The van der Waals surface area contributed by atoms with E-state index in [2.05, 4.69) is 19.1 Å². The van der Waals surface area contributed by atoms with Gasteiger partial charge in [-0.2, -0.15) is 0 Å². The summed E-state index contributed by atoms with van der Waals surface area (Å²) in [6.45, 7) is 12.5. The lowest BCUT2D eigenvalue weighted by atomic mass is 9.95. The van der Waals surface area contributed by atoms with Gasteiger partial charge >= 0.3 is 5.97 Å². The number of hydrogen-bond acceptors (Lipinski definition) is 2. The first-order valence-corrected chi connectivity index (χ1v) is 6.56. The highest BCUT2D eigenvalue weighted by molar-refractivity contribution is 5.70. The van der Waals surface area contributed by atoms with Crippen LogP contribution >= 0.6 is 0 Å². The smallest absolute Gasteiger partial charge is 0.306 e. The molecular formula is C14H28O2.